The molecule has 0 atom stereocenters. The minimum atomic E-state index is -4.52. The van der Waals surface area contributed by atoms with Crippen molar-refractivity contribution in [2.24, 2.45) is 0 Å². The van der Waals surface area contributed by atoms with Gasteiger partial charge in [0.05, 0.1) is 29.1 Å². The summed E-state index contributed by atoms with van der Waals surface area (Å²) in [5.74, 6) is -0.369. The van der Waals surface area contributed by atoms with Crippen LogP contribution in [-0.2, 0) is 6.18 Å². The second kappa shape index (κ2) is 8.86. The zero-order chi connectivity index (χ0) is 23.8. The van der Waals surface area contributed by atoms with Crippen LogP contribution in [0.15, 0.2) is 42.6 Å². The lowest BCUT2D eigenvalue weighted by molar-refractivity contribution is -0.137. The third kappa shape index (κ3) is 4.30. The molecule has 4 aromatic rings. The maximum absolute atomic E-state index is 14.5. The van der Waals surface area contributed by atoms with Gasteiger partial charge in [0.25, 0.3) is 0 Å². The Morgan fingerprint density at radius 3 is 2.58 bits per heavy atom. The average Bonchev–Trinajstić information content (AvgIpc) is 3.24. The van der Waals surface area contributed by atoms with Gasteiger partial charge in [-0.15, -0.1) is 0 Å². The Kier molecular flexibility index (Phi) is 6.11. The van der Waals surface area contributed by atoms with E-state index in [0.29, 0.717) is 34.5 Å². The fourth-order valence-corrected chi connectivity index (χ4v) is 3.73. The van der Waals surface area contributed by atoms with E-state index in [-0.39, 0.29) is 23.3 Å². The number of H-pyrrole nitrogens is 1. The number of fused-ring (bicyclic) bond motifs is 1. The summed E-state index contributed by atoms with van der Waals surface area (Å²) in [4.78, 5) is 10.7. The molecule has 0 aliphatic carbocycles. The molecule has 4 rings (SSSR count). The van der Waals surface area contributed by atoms with E-state index in [0.717, 1.165) is 12.1 Å². The highest BCUT2D eigenvalue weighted by molar-refractivity contribution is 6.33. The number of halogens is 5. The van der Waals surface area contributed by atoms with Gasteiger partial charge < -0.3 is 9.64 Å². The molecule has 1 N–H and O–H groups in total. The molecule has 0 saturated carbocycles. The Hall–Kier alpha value is -3.40. The van der Waals surface area contributed by atoms with Crippen molar-refractivity contribution in [3.63, 3.8) is 0 Å². The van der Waals surface area contributed by atoms with Crippen LogP contribution in [-0.4, -0.2) is 33.3 Å². The predicted molar refractivity (Wildman–Crippen MR) is 117 cm³/mol. The van der Waals surface area contributed by atoms with Crippen LogP contribution in [0, 0.1) is 5.82 Å². The fraction of sp³-hybridized carbons (Fsp3) is 0.227. The van der Waals surface area contributed by atoms with Crippen molar-refractivity contribution < 1.29 is 22.3 Å². The van der Waals surface area contributed by atoms with E-state index >= 15 is 0 Å². The van der Waals surface area contributed by atoms with Gasteiger partial charge >= 0.3 is 6.18 Å². The number of nitrogens with one attached hydrogen (secondary N) is 1. The Labute approximate surface area is 191 Å². The van der Waals surface area contributed by atoms with E-state index < -0.39 is 17.6 Å². The number of benzene rings is 2. The number of hydrogen-bond donors (Lipinski definition) is 1. The molecule has 172 valence electrons. The summed E-state index contributed by atoms with van der Waals surface area (Å²) in [6.07, 6.45) is -3.04. The minimum absolute atomic E-state index is 0.0242. The number of anilines is 2. The van der Waals surface area contributed by atoms with Crippen molar-refractivity contribution in [3.8, 4) is 17.0 Å². The number of rotatable bonds is 6. The van der Waals surface area contributed by atoms with Gasteiger partial charge in [0, 0.05) is 12.1 Å². The van der Waals surface area contributed by atoms with Crippen molar-refractivity contribution >= 4 is 34.3 Å². The lowest BCUT2D eigenvalue weighted by Gasteiger charge is -2.23. The maximum atomic E-state index is 14.5. The molecule has 0 spiro atoms. The van der Waals surface area contributed by atoms with Crippen molar-refractivity contribution in [1.82, 2.24) is 20.2 Å². The molecule has 0 aliphatic rings. The first-order valence-corrected chi connectivity index (χ1v) is 10.4. The lowest BCUT2D eigenvalue weighted by atomic mass is 10.1. The maximum Gasteiger partial charge on any atom is 0.416 e. The molecular formula is C22H18ClF4N5O. The number of hydrogen-bond acceptors (Lipinski definition) is 5. The van der Waals surface area contributed by atoms with E-state index in [9.17, 15) is 17.6 Å². The van der Waals surface area contributed by atoms with Gasteiger partial charge in [-0.3, -0.25) is 5.10 Å². The molecule has 0 fully saturated rings. The summed E-state index contributed by atoms with van der Waals surface area (Å²) in [6, 6.07) is 7.53. The highest BCUT2D eigenvalue weighted by Gasteiger charge is 2.31. The number of nitrogens with zero attached hydrogens (tertiary/aromatic N) is 4. The van der Waals surface area contributed by atoms with Crippen molar-refractivity contribution in [3.05, 3.63) is 59.0 Å². The van der Waals surface area contributed by atoms with Crippen LogP contribution in [0.2, 0.25) is 5.02 Å². The number of ether oxygens (including phenoxy) is 1. The minimum Gasteiger partial charge on any atom is -0.490 e. The van der Waals surface area contributed by atoms with Gasteiger partial charge in [-0.25, -0.2) is 14.4 Å². The van der Waals surface area contributed by atoms with Crippen LogP contribution < -0.4 is 9.64 Å². The highest BCUT2D eigenvalue weighted by atomic mass is 35.5. The second-order valence-corrected chi connectivity index (χ2v) is 7.37. The quantitative estimate of drug-likeness (QED) is 0.325. The summed E-state index contributed by atoms with van der Waals surface area (Å²) in [5, 5.41) is 6.71. The standard InChI is InChI=1S/C22H18ClF4N5O/c1-3-32(17-9-8-12(10-14(17)23)22(25,26)27)21-29-16-11-28-31-19(16)18(30-21)13-6-5-7-15(24)20(13)33-4-2/h5-11H,3-4H2,1-2H3,(H,28,31). The van der Waals surface area contributed by atoms with Crippen LogP contribution in [0.4, 0.5) is 29.2 Å². The number of alkyl halides is 3. The number of aromatic nitrogens is 4. The summed E-state index contributed by atoms with van der Waals surface area (Å²) in [7, 11) is 0. The first-order valence-electron chi connectivity index (χ1n) is 10.0. The first kappa shape index (κ1) is 22.8. The summed E-state index contributed by atoms with van der Waals surface area (Å²) in [6.45, 7) is 4.05. The van der Waals surface area contributed by atoms with Gasteiger partial charge in [0.15, 0.2) is 11.6 Å². The predicted octanol–water partition coefficient (Wildman–Crippen LogP) is 6.39. The molecular weight excluding hydrogens is 462 g/mol. The van der Waals surface area contributed by atoms with Crippen LogP contribution in [0.3, 0.4) is 0 Å². The molecule has 0 saturated heterocycles. The second-order valence-electron chi connectivity index (χ2n) is 6.96. The van der Waals surface area contributed by atoms with Crippen molar-refractivity contribution in [2.75, 3.05) is 18.1 Å². The molecule has 6 nitrogen and oxygen atoms in total. The van der Waals surface area contributed by atoms with E-state index in [1.807, 2.05) is 0 Å². The van der Waals surface area contributed by atoms with Crippen LogP contribution in [0.25, 0.3) is 22.3 Å². The van der Waals surface area contributed by atoms with Crippen LogP contribution >= 0.6 is 11.6 Å². The van der Waals surface area contributed by atoms with Gasteiger partial charge in [0.2, 0.25) is 5.95 Å². The normalized spacial score (nSPS) is 11.7. The molecule has 2 aromatic heterocycles. The lowest BCUT2D eigenvalue weighted by Crippen LogP contribution is -2.20. The molecule has 33 heavy (non-hydrogen) atoms. The van der Waals surface area contributed by atoms with Gasteiger partial charge in [-0.1, -0.05) is 17.7 Å². The van der Waals surface area contributed by atoms with E-state index in [2.05, 4.69) is 20.2 Å². The molecule has 2 heterocycles. The van der Waals surface area contributed by atoms with Crippen LogP contribution in [0.1, 0.15) is 19.4 Å². The molecule has 0 bridgehead atoms. The fourth-order valence-electron chi connectivity index (χ4n) is 3.45. The zero-order valence-corrected chi connectivity index (χ0v) is 18.3. The Balaban J connectivity index is 1.89. The monoisotopic (exact) mass is 479 g/mol. The summed E-state index contributed by atoms with van der Waals surface area (Å²) >= 11 is 6.21. The van der Waals surface area contributed by atoms with Crippen molar-refractivity contribution in [1.29, 1.82) is 0 Å². The third-order valence-electron chi connectivity index (χ3n) is 4.92. The van der Waals surface area contributed by atoms with Gasteiger partial charge in [-0.2, -0.15) is 18.3 Å². The molecule has 0 unspecified atom stereocenters. The van der Waals surface area contributed by atoms with Gasteiger partial charge in [-0.05, 0) is 44.2 Å². The molecule has 11 heteroatoms. The topological polar surface area (TPSA) is 66.9 Å². The smallest absolute Gasteiger partial charge is 0.416 e. The molecule has 0 aliphatic heterocycles. The van der Waals surface area contributed by atoms with E-state index in [1.165, 1.54) is 24.4 Å². The molecule has 0 amide bonds. The van der Waals surface area contributed by atoms with Crippen molar-refractivity contribution in [2.45, 2.75) is 20.0 Å². The average molecular weight is 480 g/mol. The van der Waals surface area contributed by atoms with Crippen LogP contribution in [0.5, 0.6) is 5.75 Å². The summed E-state index contributed by atoms with van der Waals surface area (Å²) in [5.41, 5.74) is 1.04. The zero-order valence-electron chi connectivity index (χ0n) is 17.5. The Morgan fingerprint density at radius 1 is 1.12 bits per heavy atom. The summed E-state index contributed by atoms with van der Waals surface area (Å²) < 4.78 is 59.2. The highest BCUT2D eigenvalue weighted by Crippen LogP contribution is 2.39. The first-order chi connectivity index (χ1) is 15.7. The largest absolute Gasteiger partial charge is 0.490 e. The third-order valence-corrected chi connectivity index (χ3v) is 5.23. The molecule has 2 aromatic carbocycles. The SMILES string of the molecule is CCOc1c(F)cccc1-c1nc(N(CC)c2ccc(C(F)(F)F)cc2Cl)nc2cn[nH]c12. The number of para-hydroxylation sites is 1. The van der Waals surface area contributed by atoms with E-state index in [4.69, 9.17) is 16.3 Å². The Bertz CT molecular complexity index is 1310. The Morgan fingerprint density at radius 2 is 1.91 bits per heavy atom. The number of aromatic amines is 1. The van der Waals surface area contributed by atoms with E-state index in [1.54, 1.807) is 24.8 Å². The molecule has 0 radical (unpaired) electrons. The van der Waals surface area contributed by atoms with Gasteiger partial charge in [0.1, 0.15) is 16.7 Å².